The summed E-state index contributed by atoms with van der Waals surface area (Å²) in [4.78, 5) is 19.0. The Hall–Kier alpha value is -2.09. The fraction of sp³-hybridized carbons (Fsp3) is 0.333. The van der Waals surface area contributed by atoms with Gasteiger partial charge < -0.3 is 19.7 Å². The molecule has 0 bridgehead atoms. The lowest BCUT2D eigenvalue weighted by atomic mass is 10.2. The molecule has 3 heterocycles. The Morgan fingerprint density at radius 1 is 1.27 bits per heavy atom. The van der Waals surface area contributed by atoms with Gasteiger partial charge in [-0.1, -0.05) is 11.6 Å². The Labute approximate surface area is 160 Å². The average Bonchev–Trinajstić information content (AvgIpc) is 3.30. The van der Waals surface area contributed by atoms with Crippen molar-refractivity contribution in [2.45, 2.75) is 6.10 Å². The third-order valence-corrected chi connectivity index (χ3v) is 5.42. The minimum absolute atomic E-state index is 0.00493. The second-order valence-electron chi connectivity index (χ2n) is 6.02. The molecule has 2 aliphatic heterocycles. The number of carbonyl (C=O) groups excluding carboxylic acids is 1. The number of morpholine rings is 1. The lowest BCUT2D eigenvalue weighted by Gasteiger charge is -2.27. The minimum Gasteiger partial charge on any atom is -0.470 e. The van der Waals surface area contributed by atoms with E-state index in [9.17, 15) is 4.79 Å². The summed E-state index contributed by atoms with van der Waals surface area (Å²) in [6, 6.07) is 11.6. The van der Waals surface area contributed by atoms with Gasteiger partial charge in [0.25, 0.3) is 5.91 Å². The van der Waals surface area contributed by atoms with Crippen molar-refractivity contribution in [3.05, 3.63) is 45.6 Å². The van der Waals surface area contributed by atoms with Crippen molar-refractivity contribution < 1.29 is 14.3 Å². The molecule has 2 aliphatic rings. The molecule has 0 saturated carbocycles. The quantitative estimate of drug-likeness (QED) is 0.851. The van der Waals surface area contributed by atoms with Gasteiger partial charge in [-0.25, -0.2) is 4.99 Å². The molecule has 2 aromatic rings. The van der Waals surface area contributed by atoms with E-state index in [1.165, 1.54) is 11.3 Å². The van der Waals surface area contributed by atoms with E-state index in [1.54, 1.807) is 4.90 Å². The highest BCUT2D eigenvalue weighted by Gasteiger charge is 2.22. The van der Waals surface area contributed by atoms with Gasteiger partial charge in [0.15, 0.2) is 0 Å². The van der Waals surface area contributed by atoms with Crippen LogP contribution in [0.4, 0.5) is 11.4 Å². The molecule has 26 heavy (non-hydrogen) atoms. The van der Waals surface area contributed by atoms with Crippen LogP contribution >= 0.6 is 22.9 Å². The molecule has 0 unspecified atom stereocenters. The second kappa shape index (κ2) is 7.65. The summed E-state index contributed by atoms with van der Waals surface area (Å²) in [5.74, 6) is 0.657. The van der Waals surface area contributed by atoms with Crippen LogP contribution in [0.25, 0.3) is 0 Å². The molecular formula is C18H18ClN3O3S. The summed E-state index contributed by atoms with van der Waals surface area (Å²) in [5.41, 5.74) is 1.87. The topological polar surface area (TPSA) is 63.2 Å². The van der Waals surface area contributed by atoms with Gasteiger partial charge in [-0.15, -0.1) is 11.3 Å². The Balaban J connectivity index is 1.29. The van der Waals surface area contributed by atoms with Crippen molar-refractivity contribution in [3.63, 3.8) is 0 Å². The molecule has 1 amide bonds. The molecule has 0 aliphatic carbocycles. The number of halogens is 1. The molecule has 8 heteroatoms. The highest BCUT2D eigenvalue weighted by molar-refractivity contribution is 7.18. The largest absolute Gasteiger partial charge is 0.470 e. The number of thiophene rings is 1. The number of benzene rings is 1. The van der Waals surface area contributed by atoms with Crippen LogP contribution in [0.15, 0.2) is 41.4 Å². The van der Waals surface area contributed by atoms with E-state index in [0.717, 1.165) is 20.6 Å². The first-order valence-corrected chi connectivity index (χ1v) is 9.57. The molecule has 6 nitrogen and oxygen atoms in total. The van der Waals surface area contributed by atoms with Crippen LogP contribution in [-0.4, -0.2) is 50.8 Å². The summed E-state index contributed by atoms with van der Waals surface area (Å²) in [7, 11) is 0. The first kappa shape index (κ1) is 17.3. The molecular weight excluding hydrogens is 374 g/mol. The zero-order valence-corrected chi connectivity index (χ0v) is 15.6. The number of nitrogens with zero attached hydrogens (tertiary/aromatic N) is 2. The highest BCUT2D eigenvalue weighted by Crippen LogP contribution is 2.25. The monoisotopic (exact) mass is 391 g/mol. The predicted octanol–water partition coefficient (Wildman–Crippen LogP) is 3.02. The van der Waals surface area contributed by atoms with E-state index in [-0.39, 0.29) is 18.6 Å². The van der Waals surface area contributed by atoms with Crippen molar-refractivity contribution in [2.24, 2.45) is 4.99 Å². The van der Waals surface area contributed by atoms with Gasteiger partial charge >= 0.3 is 0 Å². The SMILES string of the molecule is O=C1COCCN1c1ccc(NC[C@H]2CN=C(c3ccc(Cl)s3)O2)cc1. The van der Waals surface area contributed by atoms with Gasteiger partial charge in [0.1, 0.15) is 12.7 Å². The number of hydrogen-bond acceptors (Lipinski definition) is 6. The third-order valence-electron chi connectivity index (χ3n) is 4.20. The Kier molecular flexibility index (Phi) is 5.10. The van der Waals surface area contributed by atoms with Gasteiger partial charge in [0.05, 0.1) is 28.9 Å². The lowest BCUT2D eigenvalue weighted by molar-refractivity contribution is -0.125. The first-order chi connectivity index (χ1) is 12.7. The van der Waals surface area contributed by atoms with E-state index in [0.29, 0.717) is 32.1 Å². The van der Waals surface area contributed by atoms with E-state index in [2.05, 4.69) is 10.3 Å². The van der Waals surface area contributed by atoms with Crippen molar-refractivity contribution in [2.75, 3.05) is 43.1 Å². The van der Waals surface area contributed by atoms with Gasteiger partial charge in [-0.2, -0.15) is 0 Å². The fourth-order valence-corrected chi connectivity index (χ4v) is 3.87. The molecule has 1 atom stereocenters. The van der Waals surface area contributed by atoms with Crippen LogP contribution in [0, 0.1) is 0 Å². The minimum atomic E-state index is -0.00799. The lowest BCUT2D eigenvalue weighted by Crippen LogP contribution is -2.41. The van der Waals surface area contributed by atoms with Crippen LogP contribution in [-0.2, 0) is 14.3 Å². The van der Waals surface area contributed by atoms with Crippen LogP contribution < -0.4 is 10.2 Å². The van der Waals surface area contributed by atoms with E-state index < -0.39 is 0 Å². The Morgan fingerprint density at radius 3 is 2.85 bits per heavy atom. The second-order valence-corrected chi connectivity index (χ2v) is 7.73. The molecule has 1 fully saturated rings. The maximum absolute atomic E-state index is 11.9. The highest BCUT2D eigenvalue weighted by atomic mass is 35.5. The van der Waals surface area contributed by atoms with E-state index >= 15 is 0 Å². The van der Waals surface area contributed by atoms with E-state index in [1.807, 2.05) is 36.4 Å². The standard InChI is InChI=1S/C18H18ClN3O3S/c19-16-6-5-15(26-16)18-21-10-14(25-18)9-20-12-1-3-13(4-2-12)22-7-8-24-11-17(22)23/h1-6,14,20H,7-11H2/t14-/m0/s1. The molecule has 0 spiro atoms. The van der Waals surface area contributed by atoms with Crippen molar-refractivity contribution in [1.82, 2.24) is 0 Å². The summed E-state index contributed by atoms with van der Waals surface area (Å²) in [5, 5.41) is 3.36. The Bertz CT molecular complexity index is 821. The van der Waals surface area contributed by atoms with Gasteiger partial charge in [-0.3, -0.25) is 4.79 Å². The Morgan fingerprint density at radius 2 is 2.12 bits per heavy atom. The summed E-state index contributed by atoms with van der Waals surface area (Å²) in [6.07, 6.45) is -0.00799. The molecule has 4 rings (SSSR count). The maximum atomic E-state index is 11.9. The first-order valence-electron chi connectivity index (χ1n) is 8.38. The zero-order valence-electron chi connectivity index (χ0n) is 14.0. The number of nitrogens with one attached hydrogen (secondary N) is 1. The van der Waals surface area contributed by atoms with Gasteiger partial charge in [0, 0.05) is 17.9 Å². The van der Waals surface area contributed by atoms with Crippen molar-refractivity contribution in [1.29, 1.82) is 0 Å². The fourth-order valence-electron chi connectivity index (χ4n) is 2.87. The predicted molar refractivity (Wildman–Crippen MR) is 104 cm³/mol. The normalized spacial score (nSPS) is 20.0. The molecule has 0 radical (unpaired) electrons. The molecule has 1 aromatic carbocycles. The average molecular weight is 392 g/mol. The number of amides is 1. The van der Waals surface area contributed by atoms with Crippen molar-refractivity contribution >= 4 is 46.1 Å². The summed E-state index contributed by atoms with van der Waals surface area (Å²) in [6.45, 7) is 2.59. The van der Waals surface area contributed by atoms with E-state index in [4.69, 9.17) is 21.1 Å². The number of hydrogen-bond donors (Lipinski definition) is 1. The van der Waals surface area contributed by atoms with Crippen LogP contribution in [0.3, 0.4) is 0 Å². The summed E-state index contributed by atoms with van der Waals surface area (Å²) < 4.78 is 11.8. The molecule has 1 aromatic heterocycles. The van der Waals surface area contributed by atoms with Gasteiger partial charge in [-0.05, 0) is 36.4 Å². The number of rotatable bonds is 5. The number of carbonyl (C=O) groups is 1. The number of ether oxygens (including phenoxy) is 2. The molecule has 1 N–H and O–H groups in total. The summed E-state index contributed by atoms with van der Waals surface area (Å²) >= 11 is 7.42. The smallest absolute Gasteiger partial charge is 0.253 e. The maximum Gasteiger partial charge on any atom is 0.253 e. The third kappa shape index (κ3) is 3.85. The number of aliphatic imine (C=N–C) groups is 1. The molecule has 1 saturated heterocycles. The van der Waals surface area contributed by atoms with Gasteiger partial charge in [0.2, 0.25) is 5.90 Å². The zero-order chi connectivity index (χ0) is 17.9. The number of anilines is 2. The van der Waals surface area contributed by atoms with Crippen LogP contribution in [0.5, 0.6) is 0 Å². The van der Waals surface area contributed by atoms with Crippen LogP contribution in [0.2, 0.25) is 4.34 Å². The molecule has 136 valence electrons. The van der Waals surface area contributed by atoms with Crippen LogP contribution in [0.1, 0.15) is 4.88 Å². The van der Waals surface area contributed by atoms with Crippen molar-refractivity contribution in [3.8, 4) is 0 Å².